The molecular formula is C29H27ClF5N3O. The van der Waals surface area contributed by atoms with Crippen molar-refractivity contribution in [2.75, 3.05) is 6.61 Å². The molecule has 1 aliphatic heterocycles. The summed E-state index contributed by atoms with van der Waals surface area (Å²) in [6.07, 6.45) is -1.87. The van der Waals surface area contributed by atoms with Crippen LogP contribution in [0.3, 0.4) is 0 Å². The van der Waals surface area contributed by atoms with Gasteiger partial charge in [-0.2, -0.15) is 13.2 Å². The Labute approximate surface area is 227 Å². The maximum absolute atomic E-state index is 15.3. The zero-order valence-corrected chi connectivity index (χ0v) is 21.9. The third kappa shape index (κ3) is 5.52. The number of fused-ring (bicyclic) bond motifs is 3. The van der Waals surface area contributed by atoms with Crippen molar-refractivity contribution in [2.45, 2.75) is 57.5 Å². The van der Waals surface area contributed by atoms with Crippen molar-refractivity contribution in [3.05, 3.63) is 81.1 Å². The number of rotatable bonds is 3. The molecule has 206 valence electrons. The van der Waals surface area contributed by atoms with Crippen molar-refractivity contribution < 1.29 is 27.1 Å². The van der Waals surface area contributed by atoms with Gasteiger partial charge in [-0.25, -0.2) is 18.8 Å². The molecule has 2 aromatic carbocycles. The van der Waals surface area contributed by atoms with Gasteiger partial charge in [0.05, 0.1) is 6.61 Å². The third-order valence-corrected chi connectivity index (χ3v) is 7.83. The van der Waals surface area contributed by atoms with Crippen LogP contribution in [0.2, 0.25) is 5.02 Å². The summed E-state index contributed by atoms with van der Waals surface area (Å²) in [5.41, 5.74) is 2.08. The van der Waals surface area contributed by atoms with Crippen molar-refractivity contribution >= 4 is 34.1 Å². The number of halogens is 6. The summed E-state index contributed by atoms with van der Waals surface area (Å²) in [6.45, 7) is 1.10. The van der Waals surface area contributed by atoms with Crippen molar-refractivity contribution in [1.29, 1.82) is 0 Å². The normalized spacial score (nSPS) is 22.1. The minimum absolute atomic E-state index is 0.00189. The summed E-state index contributed by atoms with van der Waals surface area (Å²) in [7, 11) is 0. The lowest BCUT2D eigenvalue weighted by atomic mass is 9.80. The molecule has 0 radical (unpaired) electrons. The summed E-state index contributed by atoms with van der Waals surface area (Å²) in [5.74, 6) is -2.96. The second kappa shape index (κ2) is 10.8. The number of amidine groups is 1. The fourth-order valence-electron chi connectivity index (χ4n) is 5.55. The molecule has 2 atom stereocenters. The van der Waals surface area contributed by atoms with E-state index in [-0.39, 0.29) is 36.4 Å². The van der Waals surface area contributed by atoms with Crippen LogP contribution in [-0.4, -0.2) is 34.4 Å². The van der Waals surface area contributed by atoms with Gasteiger partial charge in [-0.1, -0.05) is 29.8 Å². The van der Waals surface area contributed by atoms with E-state index in [4.69, 9.17) is 11.6 Å². The lowest BCUT2D eigenvalue weighted by molar-refractivity contribution is -0.0926. The van der Waals surface area contributed by atoms with E-state index in [2.05, 4.69) is 15.0 Å². The van der Waals surface area contributed by atoms with Crippen LogP contribution in [0.15, 0.2) is 52.1 Å². The molecule has 0 fully saturated rings. The summed E-state index contributed by atoms with van der Waals surface area (Å²) >= 11 is 6.29. The molecule has 3 aromatic rings. The van der Waals surface area contributed by atoms with E-state index < -0.39 is 35.3 Å². The molecule has 0 bridgehead atoms. The number of aromatic amines is 1. The second-order valence-corrected chi connectivity index (χ2v) is 10.5. The number of benzene rings is 2. The molecule has 4 nitrogen and oxygen atoms in total. The molecule has 0 amide bonds. The number of aromatic nitrogens is 1. The molecule has 1 aromatic heterocycles. The Hall–Kier alpha value is -3.04. The average Bonchev–Trinajstić information content (AvgIpc) is 3.20. The van der Waals surface area contributed by atoms with Crippen molar-refractivity contribution in [3.8, 4) is 0 Å². The maximum Gasteiger partial charge on any atom is 0.433 e. The van der Waals surface area contributed by atoms with Gasteiger partial charge in [0.2, 0.25) is 0 Å². The number of alkyl halides is 3. The van der Waals surface area contributed by atoms with Crippen molar-refractivity contribution in [2.24, 2.45) is 15.9 Å². The van der Waals surface area contributed by atoms with Gasteiger partial charge in [0.1, 0.15) is 11.5 Å². The highest BCUT2D eigenvalue weighted by molar-refractivity contribution is 6.31. The number of allylic oxidation sites excluding steroid dienone is 2. The fourth-order valence-corrected chi connectivity index (χ4v) is 5.72. The predicted molar refractivity (Wildman–Crippen MR) is 143 cm³/mol. The molecule has 0 saturated carbocycles. The number of aliphatic hydroxyl groups is 1. The Bertz CT molecular complexity index is 1500. The lowest BCUT2D eigenvalue weighted by Crippen LogP contribution is -2.24. The largest absolute Gasteiger partial charge is 0.433 e. The van der Waals surface area contributed by atoms with Crippen molar-refractivity contribution in [1.82, 2.24) is 4.98 Å². The van der Waals surface area contributed by atoms with E-state index in [1.165, 1.54) is 13.0 Å². The van der Waals surface area contributed by atoms with Gasteiger partial charge in [0.15, 0.2) is 11.6 Å². The summed E-state index contributed by atoms with van der Waals surface area (Å²) in [6, 6.07) is 8.44. The highest BCUT2D eigenvalue weighted by Gasteiger charge is 2.36. The zero-order chi connectivity index (χ0) is 27.9. The van der Waals surface area contributed by atoms with Crippen LogP contribution in [-0.2, 0) is 6.42 Å². The smallest absolute Gasteiger partial charge is 0.390 e. The van der Waals surface area contributed by atoms with Gasteiger partial charge in [0, 0.05) is 39.2 Å². The summed E-state index contributed by atoms with van der Waals surface area (Å²) in [5, 5.41) is 11.1. The number of aryl methyl sites for hydroxylation is 2. The first-order valence-corrected chi connectivity index (χ1v) is 13.2. The Morgan fingerprint density at radius 2 is 1.82 bits per heavy atom. The topological polar surface area (TPSA) is 60.7 Å². The quantitative estimate of drug-likeness (QED) is 0.312. The van der Waals surface area contributed by atoms with Crippen LogP contribution in [0.25, 0.3) is 10.9 Å². The number of aliphatic imine (C=N–C) groups is 2. The van der Waals surface area contributed by atoms with Gasteiger partial charge in [0.25, 0.3) is 0 Å². The minimum Gasteiger partial charge on any atom is -0.390 e. The maximum atomic E-state index is 15.3. The molecule has 10 heteroatoms. The van der Waals surface area contributed by atoms with Crippen LogP contribution >= 0.6 is 11.6 Å². The number of hydrogen-bond acceptors (Lipinski definition) is 3. The SMILES string of the molecule is Cc1ccc([C@@H]2CCC(C3=N/C(C(F)(F)F)=C\CCC(CO)=N3)CCc3c2[nH]c2ccc(Cl)cc32)c(F)c1F. The molecule has 2 N–H and O–H groups in total. The van der Waals surface area contributed by atoms with Crippen molar-refractivity contribution in [3.63, 3.8) is 0 Å². The highest BCUT2D eigenvalue weighted by Crippen LogP contribution is 2.42. The van der Waals surface area contributed by atoms with Crippen LogP contribution in [0, 0.1) is 24.5 Å². The number of nitrogens with zero attached hydrogens (tertiary/aromatic N) is 2. The number of H-pyrrole nitrogens is 1. The molecule has 5 rings (SSSR count). The monoisotopic (exact) mass is 563 g/mol. The average molecular weight is 564 g/mol. The standard InChI is InChI=1S/C29H27ClF5N3O/c1-15-5-9-19(26(32)25(15)31)20-10-6-16(7-11-21-22-13-17(30)8-12-23(22)37-27(20)21)28-36-18(14-39)3-2-4-24(38-28)29(33,34)35/h4-5,8-9,12-13,16,20,37,39H,2-3,6-7,10-11,14H2,1H3/b24-4-,36-18?,38-28?/t16?,20-/m0/s1. The number of hydrogen-bond donors (Lipinski definition) is 2. The van der Waals surface area contributed by atoms with Gasteiger partial charge in [-0.15, -0.1) is 0 Å². The van der Waals surface area contributed by atoms with E-state index in [0.717, 1.165) is 28.2 Å². The zero-order valence-electron chi connectivity index (χ0n) is 21.2. The van der Waals surface area contributed by atoms with Gasteiger partial charge in [-0.3, -0.25) is 0 Å². The lowest BCUT2D eigenvalue weighted by Gasteiger charge is -2.27. The van der Waals surface area contributed by atoms with Crippen LogP contribution < -0.4 is 0 Å². The number of aliphatic hydroxyl groups excluding tert-OH is 1. The fraction of sp³-hybridized carbons (Fsp3) is 0.379. The van der Waals surface area contributed by atoms with Crippen LogP contribution in [0.5, 0.6) is 0 Å². The molecule has 2 aliphatic rings. The molecule has 1 aliphatic carbocycles. The summed E-state index contributed by atoms with van der Waals surface area (Å²) in [4.78, 5) is 11.7. The Morgan fingerprint density at radius 1 is 1.03 bits per heavy atom. The molecule has 1 unspecified atom stereocenters. The first-order chi connectivity index (χ1) is 18.6. The van der Waals surface area contributed by atoms with E-state index >= 15 is 4.39 Å². The predicted octanol–water partition coefficient (Wildman–Crippen LogP) is 7.95. The van der Waals surface area contributed by atoms with E-state index in [1.54, 1.807) is 18.2 Å². The van der Waals surface area contributed by atoms with Crippen LogP contribution in [0.4, 0.5) is 22.0 Å². The highest BCUT2D eigenvalue weighted by atomic mass is 35.5. The Kier molecular flexibility index (Phi) is 7.66. The van der Waals surface area contributed by atoms with Gasteiger partial charge < -0.3 is 10.1 Å². The van der Waals surface area contributed by atoms with E-state index in [0.29, 0.717) is 36.4 Å². The minimum atomic E-state index is -4.65. The first-order valence-electron chi connectivity index (χ1n) is 12.8. The second-order valence-electron chi connectivity index (χ2n) is 10.1. The molecule has 0 saturated heterocycles. The Morgan fingerprint density at radius 3 is 2.56 bits per heavy atom. The molecule has 0 spiro atoms. The molecule has 39 heavy (non-hydrogen) atoms. The van der Waals surface area contributed by atoms with Crippen LogP contribution in [0.1, 0.15) is 60.4 Å². The number of nitrogens with one attached hydrogen (secondary N) is 1. The van der Waals surface area contributed by atoms with E-state index in [9.17, 15) is 22.7 Å². The summed E-state index contributed by atoms with van der Waals surface area (Å²) < 4.78 is 71.1. The Balaban J connectivity index is 1.64. The molecule has 2 heterocycles. The van der Waals surface area contributed by atoms with E-state index in [1.807, 2.05) is 6.07 Å². The van der Waals surface area contributed by atoms with Gasteiger partial charge in [-0.05, 0) is 80.3 Å². The van der Waals surface area contributed by atoms with Gasteiger partial charge >= 0.3 is 6.18 Å². The third-order valence-electron chi connectivity index (χ3n) is 7.59. The molecular weight excluding hydrogens is 537 g/mol. The first kappa shape index (κ1) is 27.5.